The highest BCUT2D eigenvalue weighted by Crippen LogP contribution is 2.28. The number of aromatic nitrogens is 2. The molecule has 4 nitrogen and oxygen atoms in total. The molecule has 1 aromatic heterocycles. The maximum absolute atomic E-state index is 14.4. The third-order valence-corrected chi connectivity index (χ3v) is 6.54. The summed E-state index contributed by atoms with van der Waals surface area (Å²) in [6, 6.07) is 6.56. The second-order valence-corrected chi connectivity index (χ2v) is 9.62. The summed E-state index contributed by atoms with van der Waals surface area (Å²) in [7, 11) is 0. The Morgan fingerprint density at radius 1 is 1.03 bits per heavy atom. The van der Waals surface area contributed by atoms with Crippen LogP contribution in [-0.2, 0) is 6.54 Å². The third-order valence-electron chi connectivity index (χ3n) is 6.54. The molecule has 0 spiro atoms. The lowest BCUT2D eigenvalue weighted by Crippen LogP contribution is -2.42. The Kier molecular flexibility index (Phi) is 6.61. The largest absolute Gasteiger partial charge is 0.301 e. The van der Waals surface area contributed by atoms with Gasteiger partial charge in [0.25, 0.3) is 5.56 Å². The highest BCUT2D eigenvalue weighted by Gasteiger charge is 2.24. The van der Waals surface area contributed by atoms with Gasteiger partial charge in [-0.15, -0.1) is 0 Å². The van der Waals surface area contributed by atoms with Crippen molar-refractivity contribution in [2.45, 2.75) is 59.0 Å². The number of piperidine rings is 1. The Hall–Kier alpha value is -2.67. The molecule has 1 aliphatic heterocycles. The fraction of sp³-hybridized carbons (Fsp3) is 0.462. The predicted octanol–water partition coefficient (Wildman–Crippen LogP) is 5.72. The molecule has 1 fully saturated rings. The van der Waals surface area contributed by atoms with Gasteiger partial charge in [-0.3, -0.25) is 9.36 Å². The minimum atomic E-state index is -1.24. The number of halogens is 3. The SMILES string of the molecule is CC(C)c1nc2ccc(-c3cc(F)c(F)cc3F)cc2c(=O)n1C[C@H]1CCCN(C(C)C)C1. The molecule has 3 aromatic rings. The molecule has 33 heavy (non-hydrogen) atoms. The topological polar surface area (TPSA) is 38.1 Å². The van der Waals surface area contributed by atoms with Crippen LogP contribution in [0.1, 0.15) is 52.3 Å². The maximum atomic E-state index is 14.4. The molecule has 7 heteroatoms. The highest BCUT2D eigenvalue weighted by molar-refractivity contribution is 5.84. The van der Waals surface area contributed by atoms with Crippen molar-refractivity contribution >= 4 is 10.9 Å². The first-order chi connectivity index (χ1) is 15.7. The first kappa shape index (κ1) is 23.5. The lowest BCUT2D eigenvalue weighted by Gasteiger charge is -2.36. The first-order valence-electron chi connectivity index (χ1n) is 11.6. The van der Waals surface area contributed by atoms with Crippen LogP contribution < -0.4 is 5.56 Å². The van der Waals surface area contributed by atoms with Crippen LogP contribution in [0.2, 0.25) is 0 Å². The van der Waals surface area contributed by atoms with E-state index >= 15 is 0 Å². The molecular weight excluding hydrogens is 427 g/mol. The van der Waals surface area contributed by atoms with Crippen molar-refractivity contribution in [2.24, 2.45) is 5.92 Å². The zero-order valence-corrected chi connectivity index (χ0v) is 19.5. The molecule has 4 rings (SSSR count). The summed E-state index contributed by atoms with van der Waals surface area (Å²) in [6.07, 6.45) is 2.14. The van der Waals surface area contributed by atoms with Gasteiger partial charge in [0, 0.05) is 36.7 Å². The van der Waals surface area contributed by atoms with Crippen LogP contribution in [0.5, 0.6) is 0 Å². The van der Waals surface area contributed by atoms with E-state index in [1.54, 1.807) is 16.7 Å². The molecule has 1 aliphatic rings. The Bertz CT molecular complexity index is 1240. The van der Waals surface area contributed by atoms with Gasteiger partial charge >= 0.3 is 0 Å². The minimum Gasteiger partial charge on any atom is -0.301 e. The number of likely N-dealkylation sites (tertiary alicyclic amines) is 1. The smallest absolute Gasteiger partial charge is 0.261 e. The number of benzene rings is 2. The number of fused-ring (bicyclic) bond motifs is 1. The summed E-state index contributed by atoms with van der Waals surface area (Å²) in [5, 5.41) is 0.345. The standard InChI is InChI=1S/C26H30F3N3O/c1-15(2)25-30-24-8-7-18(19-11-22(28)23(29)12-21(19)27)10-20(24)26(33)32(25)14-17-6-5-9-31(13-17)16(3)4/h7-8,10-12,15-17H,5-6,9,13-14H2,1-4H3/t17-/m0/s1. The molecule has 0 N–H and O–H groups in total. The molecule has 1 saturated heterocycles. The van der Waals surface area contributed by atoms with E-state index in [0.29, 0.717) is 41.0 Å². The van der Waals surface area contributed by atoms with Crippen LogP contribution >= 0.6 is 0 Å². The van der Waals surface area contributed by atoms with Crippen LogP contribution in [-0.4, -0.2) is 33.6 Å². The quantitative estimate of drug-likeness (QED) is 0.460. The summed E-state index contributed by atoms with van der Waals surface area (Å²) in [6.45, 7) is 11.0. The van der Waals surface area contributed by atoms with Crippen LogP contribution in [0.4, 0.5) is 13.2 Å². The van der Waals surface area contributed by atoms with Gasteiger partial charge in [-0.25, -0.2) is 18.2 Å². The minimum absolute atomic E-state index is 0.0511. The van der Waals surface area contributed by atoms with E-state index in [1.165, 1.54) is 6.07 Å². The Morgan fingerprint density at radius 3 is 2.45 bits per heavy atom. The summed E-state index contributed by atoms with van der Waals surface area (Å²) < 4.78 is 43.3. The molecular formula is C26H30F3N3O. The molecule has 2 aromatic carbocycles. The Morgan fingerprint density at radius 2 is 1.76 bits per heavy atom. The third kappa shape index (κ3) is 4.69. The first-order valence-corrected chi connectivity index (χ1v) is 11.6. The number of hydrogen-bond acceptors (Lipinski definition) is 3. The Labute approximate surface area is 192 Å². The lowest BCUT2D eigenvalue weighted by molar-refractivity contribution is 0.129. The average Bonchev–Trinajstić information content (AvgIpc) is 2.78. The Balaban J connectivity index is 1.79. The fourth-order valence-electron chi connectivity index (χ4n) is 4.74. The van der Waals surface area contributed by atoms with E-state index in [-0.39, 0.29) is 17.0 Å². The van der Waals surface area contributed by atoms with Crippen LogP contribution in [0.15, 0.2) is 35.1 Å². The molecule has 0 aliphatic carbocycles. The van der Waals surface area contributed by atoms with Gasteiger partial charge in [0.2, 0.25) is 0 Å². The second kappa shape index (κ2) is 9.29. The predicted molar refractivity (Wildman–Crippen MR) is 125 cm³/mol. The van der Waals surface area contributed by atoms with Gasteiger partial charge < -0.3 is 4.90 Å². The number of hydrogen-bond donors (Lipinski definition) is 0. The number of nitrogens with zero attached hydrogens (tertiary/aromatic N) is 3. The van der Waals surface area contributed by atoms with Crippen molar-refractivity contribution in [3.8, 4) is 11.1 Å². The molecule has 0 bridgehead atoms. The molecule has 2 heterocycles. The van der Waals surface area contributed by atoms with E-state index in [0.717, 1.165) is 37.8 Å². The molecule has 176 valence electrons. The van der Waals surface area contributed by atoms with Crippen molar-refractivity contribution in [3.05, 3.63) is 64.0 Å². The maximum Gasteiger partial charge on any atom is 0.261 e. The van der Waals surface area contributed by atoms with Crippen LogP contribution in [0, 0.1) is 23.4 Å². The van der Waals surface area contributed by atoms with Gasteiger partial charge in [0.15, 0.2) is 11.6 Å². The van der Waals surface area contributed by atoms with Crippen LogP contribution in [0.3, 0.4) is 0 Å². The average molecular weight is 458 g/mol. The van der Waals surface area contributed by atoms with E-state index in [1.807, 2.05) is 13.8 Å². The molecule has 0 amide bonds. The molecule has 0 saturated carbocycles. The van der Waals surface area contributed by atoms with Crippen molar-refractivity contribution in [2.75, 3.05) is 13.1 Å². The zero-order valence-electron chi connectivity index (χ0n) is 19.5. The molecule has 0 unspecified atom stereocenters. The second-order valence-electron chi connectivity index (χ2n) is 9.62. The monoisotopic (exact) mass is 457 g/mol. The molecule has 1 atom stereocenters. The van der Waals surface area contributed by atoms with Gasteiger partial charge in [0.1, 0.15) is 11.6 Å². The van der Waals surface area contributed by atoms with Crippen LogP contribution in [0.25, 0.3) is 22.0 Å². The lowest BCUT2D eigenvalue weighted by atomic mass is 9.96. The fourth-order valence-corrected chi connectivity index (χ4v) is 4.74. The van der Waals surface area contributed by atoms with Gasteiger partial charge in [-0.05, 0) is 62.9 Å². The highest BCUT2D eigenvalue weighted by atomic mass is 19.2. The summed E-state index contributed by atoms with van der Waals surface area (Å²) in [5.41, 5.74) is 0.550. The van der Waals surface area contributed by atoms with E-state index < -0.39 is 17.5 Å². The summed E-state index contributed by atoms with van der Waals surface area (Å²) >= 11 is 0. The van der Waals surface area contributed by atoms with E-state index in [2.05, 4.69) is 18.7 Å². The van der Waals surface area contributed by atoms with Gasteiger partial charge in [-0.2, -0.15) is 0 Å². The number of rotatable bonds is 5. The van der Waals surface area contributed by atoms with Crippen molar-refractivity contribution in [1.29, 1.82) is 0 Å². The normalized spacial score (nSPS) is 17.4. The van der Waals surface area contributed by atoms with E-state index in [4.69, 9.17) is 4.98 Å². The summed E-state index contributed by atoms with van der Waals surface area (Å²) in [4.78, 5) is 20.8. The van der Waals surface area contributed by atoms with Crippen molar-refractivity contribution in [3.63, 3.8) is 0 Å². The summed E-state index contributed by atoms with van der Waals surface area (Å²) in [5.74, 6) is -2.15. The van der Waals surface area contributed by atoms with Crippen molar-refractivity contribution in [1.82, 2.24) is 14.5 Å². The van der Waals surface area contributed by atoms with E-state index in [9.17, 15) is 18.0 Å². The van der Waals surface area contributed by atoms with Gasteiger partial charge in [-0.1, -0.05) is 19.9 Å². The van der Waals surface area contributed by atoms with Gasteiger partial charge in [0.05, 0.1) is 10.9 Å². The van der Waals surface area contributed by atoms with Crippen molar-refractivity contribution < 1.29 is 13.2 Å². The zero-order chi connectivity index (χ0) is 23.9. The molecule has 0 radical (unpaired) electrons.